The first-order chi connectivity index (χ1) is 8.56. The molecule has 1 rings (SSSR count). The maximum absolute atomic E-state index is 11.7. The van der Waals surface area contributed by atoms with Gasteiger partial charge in [0.1, 0.15) is 0 Å². The van der Waals surface area contributed by atoms with Gasteiger partial charge in [0.15, 0.2) is 0 Å². The quantitative estimate of drug-likeness (QED) is 0.591. The van der Waals surface area contributed by atoms with Gasteiger partial charge in [-0.05, 0) is 33.2 Å². The number of benzene rings is 1. The highest BCUT2D eigenvalue weighted by atomic mass is 16.5. The molecule has 100 valence electrons. The number of nitrogens with two attached hydrogens (primary N) is 1. The number of hydrogen-bond donors (Lipinski definition) is 2. The Morgan fingerprint density at radius 1 is 1.44 bits per heavy atom. The number of nitrogens with zero attached hydrogens (tertiary/aromatic N) is 1. The lowest BCUT2D eigenvalue weighted by atomic mass is 10.1. The molecule has 0 amide bonds. The van der Waals surface area contributed by atoms with E-state index < -0.39 is 0 Å². The number of likely N-dealkylation sites (N-methyl/N-ethyl adjacent to an activating group) is 1. The standard InChI is InChI=1S/C13H21N3O2/c1-4-18-13(17)10-6-5-7-11(12(10)14)15-8-9-16(2)3/h5-7,15H,4,8-9,14H2,1-3H3. The van der Waals surface area contributed by atoms with Gasteiger partial charge in [0.05, 0.1) is 23.5 Å². The molecule has 5 nitrogen and oxygen atoms in total. The highest BCUT2D eigenvalue weighted by Crippen LogP contribution is 2.23. The maximum Gasteiger partial charge on any atom is 0.340 e. The molecular weight excluding hydrogens is 230 g/mol. The summed E-state index contributed by atoms with van der Waals surface area (Å²) in [5.74, 6) is -0.383. The molecule has 0 spiro atoms. The molecule has 1 aromatic rings. The molecule has 0 saturated carbocycles. The van der Waals surface area contributed by atoms with Crippen LogP contribution in [0.1, 0.15) is 17.3 Å². The van der Waals surface area contributed by atoms with E-state index in [1.165, 1.54) is 0 Å². The summed E-state index contributed by atoms with van der Waals surface area (Å²) >= 11 is 0. The van der Waals surface area contributed by atoms with E-state index >= 15 is 0 Å². The van der Waals surface area contributed by atoms with Crippen molar-refractivity contribution in [2.45, 2.75) is 6.92 Å². The number of para-hydroxylation sites is 1. The predicted octanol–water partition coefficient (Wildman–Crippen LogP) is 1.42. The van der Waals surface area contributed by atoms with Gasteiger partial charge in [-0.25, -0.2) is 4.79 Å². The summed E-state index contributed by atoms with van der Waals surface area (Å²) in [4.78, 5) is 13.7. The molecule has 0 radical (unpaired) electrons. The SMILES string of the molecule is CCOC(=O)c1cccc(NCCN(C)C)c1N. The molecule has 0 unspecified atom stereocenters. The second-order valence-corrected chi connectivity index (χ2v) is 4.22. The minimum absolute atomic E-state index is 0.344. The molecule has 0 fully saturated rings. The molecule has 3 N–H and O–H groups in total. The van der Waals surface area contributed by atoms with Crippen molar-refractivity contribution in [3.05, 3.63) is 23.8 Å². The molecule has 0 aromatic heterocycles. The van der Waals surface area contributed by atoms with Crippen LogP contribution in [-0.2, 0) is 4.74 Å². The van der Waals surface area contributed by atoms with Gasteiger partial charge < -0.3 is 20.7 Å². The number of carbonyl (C=O) groups is 1. The first kappa shape index (κ1) is 14.3. The van der Waals surface area contributed by atoms with Gasteiger partial charge in [-0.1, -0.05) is 6.07 Å². The molecule has 0 aliphatic heterocycles. The van der Waals surface area contributed by atoms with Crippen molar-refractivity contribution in [3.63, 3.8) is 0 Å². The Hall–Kier alpha value is -1.75. The highest BCUT2D eigenvalue weighted by molar-refractivity contribution is 5.98. The monoisotopic (exact) mass is 251 g/mol. The van der Waals surface area contributed by atoms with Crippen molar-refractivity contribution in [1.29, 1.82) is 0 Å². The number of nitrogens with one attached hydrogen (secondary N) is 1. The van der Waals surface area contributed by atoms with Gasteiger partial charge in [-0.15, -0.1) is 0 Å². The van der Waals surface area contributed by atoms with Crippen LogP contribution in [0.3, 0.4) is 0 Å². The third-order valence-corrected chi connectivity index (χ3v) is 2.48. The predicted molar refractivity (Wildman–Crippen MR) is 73.9 cm³/mol. The van der Waals surface area contributed by atoms with Gasteiger partial charge in [0.2, 0.25) is 0 Å². The topological polar surface area (TPSA) is 67.6 Å². The van der Waals surface area contributed by atoms with Gasteiger partial charge in [-0.3, -0.25) is 0 Å². The Balaban J connectivity index is 2.75. The minimum Gasteiger partial charge on any atom is -0.462 e. The van der Waals surface area contributed by atoms with Gasteiger partial charge >= 0.3 is 5.97 Å². The van der Waals surface area contributed by atoms with Crippen LogP contribution in [0.15, 0.2) is 18.2 Å². The second kappa shape index (κ2) is 6.86. The third-order valence-electron chi connectivity index (χ3n) is 2.48. The number of esters is 1. The van der Waals surface area contributed by atoms with Crippen molar-refractivity contribution >= 4 is 17.3 Å². The lowest BCUT2D eigenvalue weighted by Crippen LogP contribution is -2.21. The minimum atomic E-state index is -0.383. The number of ether oxygens (including phenoxy) is 1. The van der Waals surface area contributed by atoms with E-state index in [1.807, 2.05) is 20.2 Å². The Morgan fingerprint density at radius 2 is 2.17 bits per heavy atom. The van der Waals surface area contributed by atoms with Gasteiger partial charge in [0, 0.05) is 13.1 Å². The molecule has 0 atom stereocenters. The lowest BCUT2D eigenvalue weighted by Gasteiger charge is -2.14. The van der Waals surface area contributed by atoms with E-state index in [4.69, 9.17) is 10.5 Å². The van der Waals surface area contributed by atoms with E-state index in [9.17, 15) is 4.79 Å². The van der Waals surface area contributed by atoms with Crippen LogP contribution in [-0.4, -0.2) is 44.7 Å². The Morgan fingerprint density at radius 3 is 2.78 bits per heavy atom. The average Bonchev–Trinajstić information content (AvgIpc) is 2.31. The summed E-state index contributed by atoms with van der Waals surface area (Å²) in [6, 6.07) is 5.32. The summed E-state index contributed by atoms with van der Waals surface area (Å²) in [7, 11) is 4.00. The zero-order valence-electron chi connectivity index (χ0n) is 11.2. The second-order valence-electron chi connectivity index (χ2n) is 4.22. The maximum atomic E-state index is 11.7. The summed E-state index contributed by atoms with van der Waals surface area (Å²) in [5.41, 5.74) is 7.57. The zero-order chi connectivity index (χ0) is 13.5. The molecule has 0 aliphatic rings. The summed E-state index contributed by atoms with van der Waals surface area (Å²) in [6.45, 7) is 3.77. The molecule has 18 heavy (non-hydrogen) atoms. The first-order valence-corrected chi connectivity index (χ1v) is 6.00. The van der Waals surface area contributed by atoms with E-state index in [0.717, 1.165) is 18.8 Å². The summed E-state index contributed by atoms with van der Waals surface area (Å²) < 4.78 is 4.95. The molecule has 5 heteroatoms. The molecule has 0 heterocycles. The van der Waals surface area contributed by atoms with Gasteiger partial charge in [0.25, 0.3) is 0 Å². The highest BCUT2D eigenvalue weighted by Gasteiger charge is 2.12. The molecule has 1 aromatic carbocycles. The van der Waals surface area contributed by atoms with Crippen LogP contribution in [0.25, 0.3) is 0 Å². The van der Waals surface area contributed by atoms with Crippen molar-refractivity contribution < 1.29 is 9.53 Å². The van der Waals surface area contributed by atoms with Crippen LogP contribution < -0.4 is 11.1 Å². The summed E-state index contributed by atoms with van der Waals surface area (Å²) in [6.07, 6.45) is 0. The van der Waals surface area contributed by atoms with Gasteiger partial charge in [-0.2, -0.15) is 0 Å². The van der Waals surface area contributed by atoms with Crippen molar-refractivity contribution in [3.8, 4) is 0 Å². The first-order valence-electron chi connectivity index (χ1n) is 6.00. The number of anilines is 2. The third kappa shape index (κ3) is 3.92. The number of rotatable bonds is 6. The molecule has 0 bridgehead atoms. The Kier molecular flexibility index (Phi) is 5.45. The average molecular weight is 251 g/mol. The van der Waals surface area contributed by atoms with E-state index in [-0.39, 0.29) is 5.97 Å². The number of carbonyl (C=O) groups excluding carboxylic acids is 1. The summed E-state index contributed by atoms with van der Waals surface area (Å²) in [5, 5.41) is 3.21. The normalized spacial score (nSPS) is 10.4. The van der Waals surface area contributed by atoms with Crippen LogP contribution in [0.4, 0.5) is 11.4 Å². The Bertz CT molecular complexity index is 405. The number of nitrogen functional groups attached to an aromatic ring is 1. The van der Waals surface area contributed by atoms with Crippen molar-refractivity contribution in [2.24, 2.45) is 0 Å². The number of hydrogen-bond acceptors (Lipinski definition) is 5. The Labute approximate surface area is 108 Å². The molecular formula is C13H21N3O2. The smallest absolute Gasteiger partial charge is 0.340 e. The van der Waals surface area contributed by atoms with Crippen LogP contribution in [0.5, 0.6) is 0 Å². The molecule has 0 aliphatic carbocycles. The fourth-order valence-corrected chi connectivity index (χ4v) is 1.52. The zero-order valence-corrected chi connectivity index (χ0v) is 11.2. The van der Waals surface area contributed by atoms with Crippen LogP contribution in [0, 0.1) is 0 Å². The lowest BCUT2D eigenvalue weighted by molar-refractivity contribution is 0.0527. The van der Waals surface area contributed by atoms with E-state index in [1.54, 1.807) is 19.1 Å². The van der Waals surface area contributed by atoms with Crippen molar-refractivity contribution in [1.82, 2.24) is 4.90 Å². The fraction of sp³-hybridized carbons (Fsp3) is 0.462. The van der Waals surface area contributed by atoms with Crippen LogP contribution in [0.2, 0.25) is 0 Å². The molecule has 0 saturated heterocycles. The largest absolute Gasteiger partial charge is 0.462 e. The van der Waals surface area contributed by atoms with E-state index in [2.05, 4.69) is 10.2 Å². The fourth-order valence-electron chi connectivity index (χ4n) is 1.52. The van der Waals surface area contributed by atoms with Crippen LogP contribution >= 0.6 is 0 Å². The van der Waals surface area contributed by atoms with Crippen molar-refractivity contribution in [2.75, 3.05) is 44.8 Å². The van der Waals surface area contributed by atoms with E-state index in [0.29, 0.717) is 17.9 Å².